The van der Waals surface area contributed by atoms with E-state index in [4.69, 9.17) is 4.74 Å². The number of rotatable bonds is 6. The molecule has 0 bridgehead atoms. The predicted molar refractivity (Wildman–Crippen MR) is 89.7 cm³/mol. The lowest BCUT2D eigenvalue weighted by molar-refractivity contribution is 0.00633. The van der Waals surface area contributed by atoms with Gasteiger partial charge in [0.1, 0.15) is 0 Å². The monoisotopic (exact) mass is 296 g/mol. The van der Waals surface area contributed by atoms with Gasteiger partial charge in [0.2, 0.25) is 0 Å². The van der Waals surface area contributed by atoms with Crippen molar-refractivity contribution in [2.45, 2.75) is 77.3 Å². The number of nitrogens with one attached hydrogen (secondary N) is 1. The first-order chi connectivity index (χ1) is 10.2. The Labute approximate surface area is 131 Å². The van der Waals surface area contributed by atoms with Crippen LogP contribution < -0.4 is 5.32 Å². The summed E-state index contributed by atoms with van der Waals surface area (Å²) in [4.78, 5) is 2.77. The first-order valence-electron chi connectivity index (χ1n) is 9.22. The van der Waals surface area contributed by atoms with Gasteiger partial charge in [-0.2, -0.15) is 0 Å². The molecule has 0 radical (unpaired) electrons. The van der Waals surface area contributed by atoms with Gasteiger partial charge in [-0.3, -0.25) is 4.90 Å². The number of nitrogens with zero attached hydrogens (tertiary/aromatic N) is 1. The van der Waals surface area contributed by atoms with E-state index >= 15 is 0 Å². The molecule has 2 aliphatic rings. The molecule has 0 amide bonds. The van der Waals surface area contributed by atoms with Crippen molar-refractivity contribution in [2.75, 3.05) is 32.8 Å². The number of hydrogen-bond acceptors (Lipinski definition) is 3. The van der Waals surface area contributed by atoms with Gasteiger partial charge in [0.05, 0.1) is 0 Å². The number of ether oxygens (including phenoxy) is 1. The summed E-state index contributed by atoms with van der Waals surface area (Å²) in [5, 5.41) is 3.90. The van der Waals surface area contributed by atoms with Gasteiger partial charge in [0, 0.05) is 24.8 Å². The zero-order valence-corrected chi connectivity index (χ0v) is 14.5. The van der Waals surface area contributed by atoms with Crippen LogP contribution in [0.4, 0.5) is 0 Å². The maximum Gasteiger partial charge on any atom is 0.0469 e. The second kappa shape index (κ2) is 8.50. The van der Waals surface area contributed by atoms with Crippen LogP contribution in [0.3, 0.4) is 0 Å². The van der Waals surface area contributed by atoms with Crippen LogP contribution in [0.2, 0.25) is 0 Å². The van der Waals surface area contributed by atoms with Crippen molar-refractivity contribution < 1.29 is 4.74 Å². The molecular weight excluding hydrogens is 260 g/mol. The van der Waals surface area contributed by atoms with E-state index in [2.05, 4.69) is 31.0 Å². The Hall–Kier alpha value is -0.120. The Morgan fingerprint density at radius 3 is 2.29 bits per heavy atom. The van der Waals surface area contributed by atoms with E-state index in [1.54, 1.807) is 0 Å². The predicted octanol–water partition coefficient (Wildman–Crippen LogP) is 3.44. The van der Waals surface area contributed by atoms with E-state index in [1.807, 2.05) is 0 Å². The minimum absolute atomic E-state index is 0.252. The van der Waals surface area contributed by atoms with E-state index in [0.717, 1.165) is 25.7 Å². The molecule has 1 atom stereocenters. The van der Waals surface area contributed by atoms with Crippen LogP contribution in [0.5, 0.6) is 0 Å². The minimum Gasteiger partial charge on any atom is -0.381 e. The lowest BCUT2D eigenvalue weighted by atomic mass is 9.79. The Balaban J connectivity index is 2.07. The third kappa shape index (κ3) is 4.67. The maximum atomic E-state index is 5.59. The Bertz CT molecular complexity index is 279. The molecule has 2 aliphatic heterocycles. The molecule has 2 saturated heterocycles. The quantitative estimate of drug-likeness (QED) is 0.812. The molecule has 1 unspecified atom stereocenters. The van der Waals surface area contributed by atoms with Crippen molar-refractivity contribution in [2.24, 2.45) is 5.92 Å². The maximum absolute atomic E-state index is 5.59. The van der Waals surface area contributed by atoms with E-state index in [-0.39, 0.29) is 5.54 Å². The van der Waals surface area contributed by atoms with Crippen molar-refractivity contribution in [1.29, 1.82) is 0 Å². The summed E-state index contributed by atoms with van der Waals surface area (Å²) in [7, 11) is 0. The van der Waals surface area contributed by atoms with Gasteiger partial charge in [-0.15, -0.1) is 0 Å². The molecule has 1 N–H and O–H groups in total. The van der Waals surface area contributed by atoms with E-state index in [1.165, 1.54) is 58.0 Å². The van der Waals surface area contributed by atoms with Gasteiger partial charge < -0.3 is 10.1 Å². The van der Waals surface area contributed by atoms with Gasteiger partial charge in [-0.25, -0.2) is 0 Å². The summed E-state index contributed by atoms with van der Waals surface area (Å²) >= 11 is 0. The summed E-state index contributed by atoms with van der Waals surface area (Å²) in [6.07, 6.45) is 9.23. The largest absolute Gasteiger partial charge is 0.381 e. The standard InChI is InChI=1S/C18H36N2O/c1-4-11-19-17(16-9-14-21-15-10-16)18(2,3)20-12-7-5-6-8-13-20/h16-17,19H,4-15H2,1-3H3. The fourth-order valence-electron chi connectivity index (χ4n) is 4.19. The van der Waals surface area contributed by atoms with Crippen LogP contribution in [0.25, 0.3) is 0 Å². The van der Waals surface area contributed by atoms with E-state index in [9.17, 15) is 0 Å². The molecule has 2 fully saturated rings. The van der Waals surface area contributed by atoms with Crippen LogP contribution in [0, 0.1) is 5.92 Å². The molecule has 124 valence electrons. The molecule has 3 nitrogen and oxygen atoms in total. The molecule has 2 rings (SSSR count). The van der Waals surface area contributed by atoms with Crippen LogP contribution in [0.1, 0.15) is 65.7 Å². The van der Waals surface area contributed by atoms with Crippen LogP contribution in [-0.2, 0) is 4.74 Å². The lowest BCUT2D eigenvalue weighted by Crippen LogP contribution is -2.61. The molecular formula is C18H36N2O. The Kier molecular flexibility index (Phi) is 6.97. The minimum atomic E-state index is 0.252. The SMILES string of the molecule is CCCNC(C1CCOCC1)C(C)(C)N1CCCCCC1. The first-order valence-corrected chi connectivity index (χ1v) is 9.22. The molecule has 2 heterocycles. The van der Waals surface area contributed by atoms with Crippen molar-refractivity contribution in [3.63, 3.8) is 0 Å². The summed E-state index contributed by atoms with van der Waals surface area (Å²) in [5.74, 6) is 0.767. The van der Waals surface area contributed by atoms with Crippen molar-refractivity contribution >= 4 is 0 Å². The zero-order valence-electron chi connectivity index (χ0n) is 14.5. The molecule has 0 aromatic heterocycles. The number of hydrogen-bond donors (Lipinski definition) is 1. The Morgan fingerprint density at radius 2 is 1.71 bits per heavy atom. The van der Waals surface area contributed by atoms with Gasteiger partial charge in [0.25, 0.3) is 0 Å². The highest BCUT2D eigenvalue weighted by molar-refractivity contribution is 4.98. The van der Waals surface area contributed by atoms with Gasteiger partial charge in [0.15, 0.2) is 0 Å². The van der Waals surface area contributed by atoms with E-state index < -0.39 is 0 Å². The zero-order chi connectivity index (χ0) is 15.1. The molecule has 0 saturated carbocycles. The second-order valence-electron chi connectivity index (χ2n) is 7.44. The average Bonchev–Trinajstić information content (AvgIpc) is 2.78. The smallest absolute Gasteiger partial charge is 0.0469 e. The van der Waals surface area contributed by atoms with Crippen molar-refractivity contribution in [3.8, 4) is 0 Å². The summed E-state index contributed by atoms with van der Waals surface area (Å²) in [6.45, 7) is 12.8. The van der Waals surface area contributed by atoms with Gasteiger partial charge in [-0.05, 0) is 71.5 Å². The third-order valence-corrected chi connectivity index (χ3v) is 5.53. The average molecular weight is 296 g/mol. The highest BCUT2D eigenvalue weighted by Gasteiger charge is 2.40. The van der Waals surface area contributed by atoms with Crippen LogP contribution in [-0.4, -0.2) is 49.3 Å². The summed E-state index contributed by atoms with van der Waals surface area (Å²) in [6, 6.07) is 0.597. The van der Waals surface area contributed by atoms with Crippen molar-refractivity contribution in [1.82, 2.24) is 10.2 Å². The molecule has 3 heteroatoms. The fraction of sp³-hybridized carbons (Fsp3) is 1.00. The third-order valence-electron chi connectivity index (χ3n) is 5.53. The molecule has 21 heavy (non-hydrogen) atoms. The van der Waals surface area contributed by atoms with E-state index in [0.29, 0.717) is 6.04 Å². The van der Waals surface area contributed by atoms with Crippen LogP contribution >= 0.6 is 0 Å². The first kappa shape index (κ1) is 17.2. The highest BCUT2D eigenvalue weighted by Crippen LogP contribution is 2.31. The van der Waals surface area contributed by atoms with Crippen molar-refractivity contribution in [3.05, 3.63) is 0 Å². The van der Waals surface area contributed by atoms with Crippen LogP contribution in [0.15, 0.2) is 0 Å². The number of likely N-dealkylation sites (tertiary alicyclic amines) is 1. The second-order valence-corrected chi connectivity index (χ2v) is 7.44. The topological polar surface area (TPSA) is 24.5 Å². The highest BCUT2D eigenvalue weighted by atomic mass is 16.5. The Morgan fingerprint density at radius 1 is 1.10 bits per heavy atom. The summed E-state index contributed by atoms with van der Waals surface area (Å²) < 4.78 is 5.59. The van der Waals surface area contributed by atoms with Gasteiger partial charge >= 0.3 is 0 Å². The molecule has 0 aromatic carbocycles. The molecule has 0 aliphatic carbocycles. The van der Waals surface area contributed by atoms with Gasteiger partial charge in [-0.1, -0.05) is 19.8 Å². The molecule has 0 spiro atoms. The normalized spacial score (nSPS) is 24.7. The summed E-state index contributed by atoms with van der Waals surface area (Å²) in [5.41, 5.74) is 0.252. The fourth-order valence-corrected chi connectivity index (χ4v) is 4.19. The lowest BCUT2D eigenvalue weighted by Gasteiger charge is -2.48. The molecule has 0 aromatic rings.